The summed E-state index contributed by atoms with van der Waals surface area (Å²) in [5.41, 5.74) is -0.166. The van der Waals surface area contributed by atoms with E-state index in [-0.39, 0.29) is 5.56 Å². The SMILES string of the molecule is COC(=O)C(C(=O)OC)c1cccnc1[N+](=O)[O-]. The zero-order valence-electron chi connectivity index (χ0n) is 9.65. The Morgan fingerprint density at radius 3 is 2.33 bits per heavy atom. The van der Waals surface area contributed by atoms with Gasteiger partial charge in [0, 0.05) is 0 Å². The van der Waals surface area contributed by atoms with Crippen molar-refractivity contribution >= 4 is 17.8 Å². The summed E-state index contributed by atoms with van der Waals surface area (Å²) < 4.78 is 8.87. The molecule has 0 amide bonds. The first-order valence-corrected chi connectivity index (χ1v) is 4.77. The Balaban J connectivity index is 3.33. The summed E-state index contributed by atoms with van der Waals surface area (Å²) in [5, 5.41) is 10.8. The molecule has 0 atom stereocenters. The Kier molecular flexibility index (Phi) is 4.30. The summed E-state index contributed by atoms with van der Waals surface area (Å²) in [6, 6.07) is 2.63. The minimum absolute atomic E-state index is 0.166. The lowest BCUT2D eigenvalue weighted by molar-refractivity contribution is -0.390. The van der Waals surface area contributed by atoms with Gasteiger partial charge in [-0.3, -0.25) is 9.59 Å². The largest absolute Gasteiger partial charge is 0.468 e. The number of nitrogens with zero attached hydrogens (tertiary/aromatic N) is 2. The molecule has 8 heteroatoms. The summed E-state index contributed by atoms with van der Waals surface area (Å²) in [4.78, 5) is 36.5. The van der Waals surface area contributed by atoms with E-state index in [4.69, 9.17) is 0 Å². The zero-order chi connectivity index (χ0) is 13.7. The van der Waals surface area contributed by atoms with E-state index < -0.39 is 28.6 Å². The van der Waals surface area contributed by atoms with E-state index >= 15 is 0 Å². The molecule has 18 heavy (non-hydrogen) atoms. The minimum Gasteiger partial charge on any atom is -0.468 e. The summed E-state index contributed by atoms with van der Waals surface area (Å²) >= 11 is 0. The summed E-state index contributed by atoms with van der Waals surface area (Å²) in [6.45, 7) is 0. The van der Waals surface area contributed by atoms with Gasteiger partial charge >= 0.3 is 17.8 Å². The summed E-state index contributed by atoms with van der Waals surface area (Å²) in [7, 11) is 2.14. The third-order valence-electron chi connectivity index (χ3n) is 2.17. The van der Waals surface area contributed by atoms with Gasteiger partial charge in [0.25, 0.3) is 0 Å². The van der Waals surface area contributed by atoms with Crippen LogP contribution in [0.2, 0.25) is 0 Å². The average molecular weight is 254 g/mol. The summed E-state index contributed by atoms with van der Waals surface area (Å²) in [5.74, 6) is -4.00. The molecule has 0 aliphatic carbocycles. The molecular formula is C10H10N2O6. The van der Waals surface area contributed by atoms with Gasteiger partial charge < -0.3 is 19.6 Å². The monoisotopic (exact) mass is 254 g/mol. The van der Waals surface area contributed by atoms with Gasteiger partial charge in [0.15, 0.2) is 5.92 Å². The minimum atomic E-state index is -1.52. The number of esters is 2. The average Bonchev–Trinajstić information content (AvgIpc) is 2.38. The second kappa shape index (κ2) is 5.71. The van der Waals surface area contributed by atoms with E-state index in [1.807, 2.05) is 0 Å². The standard InChI is InChI=1S/C10H10N2O6/c1-17-9(13)7(10(14)18-2)6-4-3-5-11-8(6)12(15)16/h3-5,7H,1-2H3. The van der Waals surface area contributed by atoms with E-state index in [0.717, 1.165) is 14.2 Å². The van der Waals surface area contributed by atoms with E-state index in [1.54, 1.807) is 0 Å². The number of nitro groups is 1. The lowest BCUT2D eigenvalue weighted by Crippen LogP contribution is -2.25. The van der Waals surface area contributed by atoms with Gasteiger partial charge in [0.05, 0.1) is 19.8 Å². The van der Waals surface area contributed by atoms with Gasteiger partial charge in [-0.2, -0.15) is 0 Å². The predicted molar refractivity (Wildman–Crippen MR) is 57.7 cm³/mol. The molecule has 0 fully saturated rings. The van der Waals surface area contributed by atoms with Crippen molar-refractivity contribution in [2.24, 2.45) is 0 Å². The van der Waals surface area contributed by atoms with Gasteiger partial charge in [-0.15, -0.1) is 0 Å². The van der Waals surface area contributed by atoms with Crippen LogP contribution in [0.15, 0.2) is 18.3 Å². The topological polar surface area (TPSA) is 109 Å². The molecule has 1 aromatic heterocycles. The number of rotatable bonds is 4. The molecule has 0 bridgehead atoms. The van der Waals surface area contributed by atoms with E-state index in [2.05, 4.69) is 14.5 Å². The highest BCUT2D eigenvalue weighted by molar-refractivity contribution is 6.01. The highest BCUT2D eigenvalue weighted by Crippen LogP contribution is 2.26. The Hall–Kier alpha value is -2.51. The summed E-state index contributed by atoms with van der Waals surface area (Å²) in [6.07, 6.45) is 1.19. The third-order valence-corrected chi connectivity index (χ3v) is 2.17. The van der Waals surface area contributed by atoms with Crippen molar-refractivity contribution in [3.8, 4) is 0 Å². The van der Waals surface area contributed by atoms with Crippen LogP contribution in [0.4, 0.5) is 5.82 Å². The first-order valence-electron chi connectivity index (χ1n) is 4.77. The Bertz CT molecular complexity index is 471. The maximum absolute atomic E-state index is 11.5. The molecule has 1 rings (SSSR count). The number of methoxy groups -OCH3 is 2. The molecule has 0 aliphatic rings. The highest BCUT2D eigenvalue weighted by atomic mass is 16.6. The van der Waals surface area contributed by atoms with Crippen molar-refractivity contribution in [3.63, 3.8) is 0 Å². The molecule has 0 unspecified atom stereocenters. The fraction of sp³-hybridized carbons (Fsp3) is 0.300. The molecule has 1 aromatic rings. The Morgan fingerprint density at radius 1 is 1.33 bits per heavy atom. The lowest BCUT2D eigenvalue weighted by atomic mass is 10.00. The van der Waals surface area contributed by atoms with E-state index in [0.29, 0.717) is 0 Å². The van der Waals surface area contributed by atoms with Crippen LogP contribution < -0.4 is 0 Å². The second-order valence-corrected chi connectivity index (χ2v) is 3.15. The van der Waals surface area contributed by atoms with Crippen LogP contribution in [-0.4, -0.2) is 36.1 Å². The molecule has 0 aromatic carbocycles. The van der Waals surface area contributed by atoms with Crippen LogP contribution in [0.3, 0.4) is 0 Å². The number of aromatic nitrogens is 1. The number of carbonyl (C=O) groups is 2. The van der Waals surface area contributed by atoms with Crippen molar-refractivity contribution in [3.05, 3.63) is 34.0 Å². The predicted octanol–water partition coefficient (Wildman–Crippen LogP) is 0.419. The smallest absolute Gasteiger partial charge is 0.368 e. The van der Waals surface area contributed by atoms with Crippen LogP contribution >= 0.6 is 0 Å². The lowest BCUT2D eigenvalue weighted by Gasteiger charge is -2.12. The van der Waals surface area contributed by atoms with Gasteiger partial charge in [-0.25, -0.2) is 0 Å². The Morgan fingerprint density at radius 2 is 1.89 bits per heavy atom. The fourth-order valence-corrected chi connectivity index (χ4v) is 1.37. The van der Waals surface area contributed by atoms with Crippen molar-refractivity contribution in [1.82, 2.24) is 4.98 Å². The molecule has 0 saturated carbocycles. The van der Waals surface area contributed by atoms with E-state index in [9.17, 15) is 19.7 Å². The molecular weight excluding hydrogens is 244 g/mol. The van der Waals surface area contributed by atoms with Gasteiger partial charge in [0.2, 0.25) is 0 Å². The van der Waals surface area contributed by atoms with Crippen LogP contribution in [0.5, 0.6) is 0 Å². The highest BCUT2D eigenvalue weighted by Gasteiger charge is 2.36. The normalized spacial score (nSPS) is 9.94. The van der Waals surface area contributed by atoms with Gasteiger partial charge in [-0.1, -0.05) is 0 Å². The molecule has 0 saturated heterocycles. The Labute approximate surface area is 102 Å². The van der Waals surface area contributed by atoms with Crippen LogP contribution in [0, 0.1) is 10.1 Å². The quantitative estimate of drug-likeness (QED) is 0.331. The number of carbonyl (C=O) groups excluding carboxylic acids is 2. The molecule has 0 aliphatic heterocycles. The second-order valence-electron chi connectivity index (χ2n) is 3.15. The van der Waals surface area contributed by atoms with Crippen molar-refractivity contribution in [2.75, 3.05) is 14.2 Å². The molecule has 0 N–H and O–H groups in total. The van der Waals surface area contributed by atoms with E-state index in [1.165, 1.54) is 18.3 Å². The third kappa shape index (κ3) is 2.59. The van der Waals surface area contributed by atoms with Crippen LogP contribution in [0.1, 0.15) is 11.5 Å². The first-order chi connectivity index (χ1) is 8.52. The van der Waals surface area contributed by atoms with Gasteiger partial charge in [0.1, 0.15) is 6.20 Å². The molecule has 96 valence electrons. The van der Waals surface area contributed by atoms with Crippen molar-refractivity contribution in [2.45, 2.75) is 5.92 Å². The molecule has 8 nitrogen and oxygen atoms in total. The zero-order valence-corrected chi connectivity index (χ0v) is 9.65. The maximum Gasteiger partial charge on any atom is 0.368 e. The number of pyridine rings is 1. The van der Waals surface area contributed by atoms with Crippen LogP contribution in [-0.2, 0) is 19.1 Å². The van der Waals surface area contributed by atoms with Gasteiger partial charge in [-0.05, 0) is 22.0 Å². The van der Waals surface area contributed by atoms with Crippen molar-refractivity contribution < 1.29 is 24.0 Å². The molecule has 0 spiro atoms. The maximum atomic E-state index is 11.5. The number of ether oxygens (including phenoxy) is 2. The van der Waals surface area contributed by atoms with Crippen molar-refractivity contribution in [1.29, 1.82) is 0 Å². The van der Waals surface area contributed by atoms with Crippen LogP contribution in [0.25, 0.3) is 0 Å². The molecule has 0 radical (unpaired) electrons. The number of hydrogen-bond acceptors (Lipinski definition) is 7. The first kappa shape index (κ1) is 13.6. The molecule has 1 heterocycles. The fourth-order valence-electron chi connectivity index (χ4n) is 1.37. The number of hydrogen-bond donors (Lipinski definition) is 0.